The lowest BCUT2D eigenvalue weighted by atomic mass is 10.0. The molecule has 0 N–H and O–H groups in total. The Balaban J connectivity index is 1.59. The molecule has 0 unspecified atom stereocenters. The molecule has 3 nitrogen and oxygen atoms in total. The fourth-order valence-electron chi connectivity index (χ4n) is 2.91. The van der Waals surface area contributed by atoms with Crippen LogP contribution >= 0.6 is 0 Å². The normalized spacial score (nSPS) is 15.8. The highest BCUT2D eigenvalue weighted by atomic mass is 16.2. The third-order valence-corrected chi connectivity index (χ3v) is 4.28. The van der Waals surface area contributed by atoms with Crippen molar-refractivity contribution < 1.29 is 4.79 Å². The summed E-state index contributed by atoms with van der Waals surface area (Å²) < 4.78 is 0. The molecular formula is C19H22N2O. The Morgan fingerprint density at radius 1 is 0.864 bits per heavy atom. The average Bonchev–Trinajstić information content (AvgIpc) is 2.57. The molecular weight excluding hydrogens is 272 g/mol. The first-order chi connectivity index (χ1) is 10.7. The molecule has 1 amide bonds. The van der Waals surface area contributed by atoms with E-state index in [1.807, 2.05) is 11.0 Å². The van der Waals surface area contributed by atoms with Crippen LogP contribution in [0.3, 0.4) is 0 Å². The van der Waals surface area contributed by atoms with E-state index in [0.29, 0.717) is 0 Å². The summed E-state index contributed by atoms with van der Waals surface area (Å²) >= 11 is 0. The predicted molar refractivity (Wildman–Crippen MR) is 89.4 cm³/mol. The standard InChI is InChI=1S/C19H22N2O/c1-16(22)21-13-11-20(12-14-21)15-17-7-9-19(10-8-17)18-5-3-2-4-6-18/h2-10H,11-15H2,1H3. The predicted octanol–water partition coefficient (Wildman–Crippen LogP) is 3.02. The Morgan fingerprint density at radius 2 is 1.45 bits per heavy atom. The van der Waals surface area contributed by atoms with Crippen LogP contribution in [-0.4, -0.2) is 41.9 Å². The number of rotatable bonds is 3. The topological polar surface area (TPSA) is 23.6 Å². The molecule has 0 aliphatic carbocycles. The van der Waals surface area contributed by atoms with E-state index < -0.39 is 0 Å². The highest BCUT2D eigenvalue weighted by molar-refractivity contribution is 5.73. The highest BCUT2D eigenvalue weighted by Gasteiger charge is 2.18. The van der Waals surface area contributed by atoms with Crippen molar-refractivity contribution in [3.05, 3.63) is 60.2 Å². The number of nitrogens with zero attached hydrogens (tertiary/aromatic N) is 2. The lowest BCUT2D eigenvalue weighted by Gasteiger charge is -2.34. The Morgan fingerprint density at radius 3 is 2.05 bits per heavy atom. The third-order valence-electron chi connectivity index (χ3n) is 4.28. The summed E-state index contributed by atoms with van der Waals surface area (Å²) in [6.45, 7) is 6.22. The van der Waals surface area contributed by atoms with Crippen LogP contribution in [0.15, 0.2) is 54.6 Å². The van der Waals surface area contributed by atoms with Crippen molar-refractivity contribution in [3.63, 3.8) is 0 Å². The van der Waals surface area contributed by atoms with E-state index in [-0.39, 0.29) is 5.91 Å². The van der Waals surface area contributed by atoms with Crippen molar-refractivity contribution >= 4 is 5.91 Å². The van der Waals surface area contributed by atoms with Gasteiger partial charge in [-0.05, 0) is 16.7 Å². The summed E-state index contributed by atoms with van der Waals surface area (Å²) in [5, 5.41) is 0. The molecule has 1 fully saturated rings. The number of amides is 1. The van der Waals surface area contributed by atoms with Gasteiger partial charge in [-0.1, -0.05) is 54.6 Å². The molecule has 22 heavy (non-hydrogen) atoms. The van der Waals surface area contributed by atoms with E-state index in [2.05, 4.69) is 53.4 Å². The van der Waals surface area contributed by atoms with E-state index in [1.54, 1.807) is 6.92 Å². The SMILES string of the molecule is CC(=O)N1CCN(Cc2ccc(-c3ccccc3)cc2)CC1. The minimum Gasteiger partial charge on any atom is -0.340 e. The molecule has 114 valence electrons. The van der Waals surface area contributed by atoms with E-state index in [4.69, 9.17) is 0 Å². The van der Waals surface area contributed by atoms with Crippen LogP contribution in [0.4, 0.5) is 0 Å². The molecule has 2 aromatic rings. The fourth-order valence-corrected chi connectivity index (χ4v) is 2.91. The zero-order valence-corrected chi connectivity index (χ0v) is 13.0. The molecule has 3 heteroatoms. The Labute approximate surface area is 132 Å². The van der Waals surface area contributed by atoms with Crippen LogP contribution in [-0.2, 0) is 11.3 Å². The molecule has 1 heterocycles. The Bertz CT molecular complexity index is 614. The summed E-state index contributed by atoms with van der Waals surface area (Å²) in [6, 6.07) is 19.2. The number of benzene rings is 2. The molecule has 1 saturated heterocycles. The zero-order valence-electron chi connectivity index (χ0n) is 13.0. The zero-order chi connectivity index (χ0) is 15.4. The number of carbonyl (C=O) groups is 1. The van der Waals surface area contributed by atoms with Gasteiger partial charge in [0.1, 0.15) is 0 Å². The van der Waals surface area contributed by atoms with Crippen LogP contribution in [0.1, 0.15) is 12.5 Å². The second kappa shape index (κ2) is 6.75. The van der Waals surface area contributed by atoms with Crippen molar-refractivity contribution in [2.75, 3.05) is 26.2 Å². The molecule has 1 aliphatic heterocycles. The molecule has 0 spiro atoms. The van der Waals surface area contributed by atoms with Crippen LogP contribution in [0.2, 0.25) is 0 Å². The average molecular weight is 294 g/mol. The van der Waals surface area contributed by atoms with Gasteiger partial charge in [-0.2, -0.15) is 0 Å². The molecule has 0 saturated carbocycles. The lowest BCUT2D eigenvalue weighted by Crippen LogP contribution is -2.47. The number of piperazine rings is 1. The van der Waals surface area contributed by atoms with E-state index in [9.17, 15) is 4.79 Å². The molecule has 0 radical (unpaired) electrons. The van der Waals surface area contributed by atoms with E-state index >= 15 is 0 Å². The maximum Gasteiger partial charge on any atom is 0.219 e. The monoisotopic (exact) mass is 294 g/mol. The maximum absolute atomic E-state index is 11.3. The van der Waals surface area contributed by atoms with Gasteiger partial charge >= 0.3 is 0 Å². The van der Waals surface area contributed by atoms with E-state index in [0.717, 1.165) is 32.7 Å². The van der Waals surface area contributed by atoms with Crippen molar-refractivity contribution in [1.29, 1.82) is 0 Å². The molecule has 0 atom stereocenters. The van der Waals surface area contributed by atoms with Crippen molar-refractivity contribution in [2.24, 2.45) is 0 Å². The summed E-state index contributed by atoms with van der Waals surface area (Å²) in [6.07, 6.45) is 0. The molecule has 1 aliphatic rings. The van der Waals surface area contributed by atoms with E-state index in [1.165, 1.54) is 16.7 Å². The minimum atomic E-state index is 0.187. The third kappa shape index (κ3) is 3.55. The summed E-state index contributed by atoms with van der Waals surface area (Å²) in [5.41, 5.74) is 3.84. The summed E-state index contributed by atoms with van der Waals surface area (Å²) in [7, 11) is 0. The largest absolute Gasteiger partial charge is 0.340 e. The molecule has 3 rings (SSSR count). The van der Waals surface area contributed by atoms with Gasteiger partial charge in [0.15, 0.2) is 0 Å². The second-order valence-electron chi connectivity index (χ2n) is 5.85. The first-order valence-electron chi connectivity index (χ1n) is 7.84. The number of carbonyl (C=O) groups excluding carboxylic acids is 1. The maximum atomic E-state index is 11.3. The van der Waals surface area contributed by atoms with Crippen molar-refractivity contribution in [3.8, 4) is 11.1 Å². The van der Waals surface area contributed by atoms with Crippen LogP contribution in [0, 0.1) is 0 Å². The van der Waals surface area contributed by atoms with Gasteiger partial charge in [-0.15, -0.1) is 0 Å². The fraction of sp³-hybridized carbons (Fsp3) is 0.316. The van der Waals surface area contributed by atoms with Gasteiger partial charge in [0.25, 0.3) is 0 Å². The first kappa shape index (κ1) is 14.8. The second-order valence-corrected chi connectivity index (χ2v) is 5.85. The molecule has 0 bridgehead atoms. The van der Waals surface area contributed by atoms with Gasteiger partial charge < -0.3 is 4.90 Å². The van der Waals surface area contributed by atoms with Gasteiger partial charge in [0.2, 0.25) is 5.91 Å². The van der Waals surface area contributed by atoms with Gasteiger partial charge in [0, 0.05) is 39.6 Å². The van der Waals surface area contributed by atoms with Gasteiger partial charge in [0.05, 0.1) is 0 Å². The van der Waals surface area contributed by atoms with Crippen molar-refractivity contribution in [1.82, 2.24) is 9.80 Å². The number of hydrogen-bond acceptors (Lipinski definition) is 2. The molecule has 0 aromatic heterocycles. The quantitative estimate of drug-likeness (QED) is 0.869. The van der Waals surface area contributed by atoms with Crippen LogP contribution in [0.25, 0.3) is 11.1 Å². The lowest BCUT2D eigenvalue weighted by molar-refractivity contribution is -0.130. The van der Waals surface area contributed by atoms with Gasteiger partial charge in [-0.3, -0.25) is 9.69 Å². The number of hydrogen-bond donors (Lipinski definition) is 0. The van der Waals surface area contributed by atoms with Crippen LogP contribution in [0.5, 0.6) is 0 Å². The van der Waals surface area contributed by atoms with Crippen LogP contribution < -0.4 is 0 Å². The minimum absolute atomic E-state index is 0.187. The summed E-state index contributed by atoms with van der Waals surface area (Å²) in [5.74, 6) is 0.187. The van der Waals surface area contributed by atoms with Crippen molar-refractivity contribution in [2.45, 2.75) is 13.5 Å². The Kier molecular flexibility index (Phi) is 4.54. The van der Waals surface area contributed by atoms with Gasteiger partial charge in [-0.25, -0.2) is 0 Å². The smallest absolute Gasteiger partial charge is 0.219 e. The molecule has 2 aromatic carbocycles. The Hall–Kier alpha value is -2.13. The summed E-state index contributed by atoms with van der Waals surface area (Å²) in [4.78, 5) is 15.7. The highest BCUT2D eigenvalue weighted by Crippen LogP contribution is 2.20. The first-order valence-corrected chi connectivity index (χ1v) is 7.84.